The average Bonchev–Trinajstić information content (AvgIpc) is 2.41. The van der Waals surface area contributed by atoms with E-state index < -0.39 is 12.0 Å². The number of halogens is 1. The van der Waals surface area contributed by atoms with Crippen LogP contribution < -0.4 is 0 Å². The van der Waals surface area contributed by atoms with Gasteiger partial charge in [0, 0.05) is 17.1 Å². The van der Waals surface area contributed by atoms with Crippen molar-refractivity contribution in [2.24, 2.45) is 0 Å². The topological polar surface area (TPSA) is 57.6 Å². The van der Waals surface area contributed by atoms with Crippen LogP contribution in [0.3, 0.4) is 0 Å². The molecule has 0 aromatic heterocycles. The number of benzene rings is 1. The first-order chi connectivity index (χ1) is 9.00. The van der Waals surface area contributed by atoms with Gasteiger partial charge in [0.15, 0.2) is 0 Å². The number of rotatable bonds is 2. The van der Waals surface area contributed by atoms with Crippen molar-refractivity contribution in [3.05, 3.63) is 34.3 Å². The number of carboxylic acids is 1. The van der Waals surface area contributed by atoms with Crippen molar-refractivity contribution >= 4 is 23.5 Å². The fourth-order valence-electron chi connectivity index (χ4n) is 2.37. The number of carbonyl (C=O) groups is 2. The van der Waals surface area contributed by atoms with Gasteiger partial charge < -0.3 is 10.0 Å². The Balaban J connectivity index is 2.26. The molecule has 102 valence electrons. The van der Waals surface area contributed by atoms with E-state index in [0.29, 0.717) is 23.6 Å². The van der Waals surface area contributed by atoms with E-state index in [9.17, 15) is 14.7 Å². The van der Waals surface area contributed by atoms with Gasteiger partial charge in [-0.05, 0) is 49.9 Å². The van der Waals surface area contributed by atoms with Crippen LogP contribution in [-0.2, 0) is 4.79 Å². The zero-order chi connectivity index (χ0) is 14.0. The number of aryl methyl sites for hydroxylation is 1. The standard InChI is InChI=1S/C14H16ClNO3/c1-9-8-10(5-6-11(9)15)13(17)16-7-3-2-4-12(16)14(18)19/h5-6,8,12H,2-4,7H2,1H3,(H,18,19). The molecular formula is C14H16ClNO3. The lowest BCUT2D eigenvalue weighted by atomic mass is 10.0. The minimum Gasteiger partial charge on any atom is -0.480 e. The third kappa shape index (κ3) is 2.89. The number of carboxylic acid groups (broad SMARTS) is 1. The fraction of sp³-hybridized carbons (Fsp3) is 0.429. The molecule has 1 aromatic carbocycles. The number of hydrogen-bond acceptors (Lipinski definition) is 2. The molecule has 0 aliphatic carbocycles. The van der Waals surface area contributed by atoms with E-state index in [2.05, 4.69) is 0 Å². The molecule has 1 atom stereocenters. The summed E-state index contributed by atoms with van der Waals surface area (Å²) in [4.78, 5) is 25.1. The van der Waals surface area contributed by atoms with Gasteiger partial charge in [-0.25, -0.2) is 4.79 Å². The van der Waals surface area contributed by atoms with E-state index in [-0.39, 0.29) is 5.91 Å². The molecular weight excluding hydrogens is 266 g/mol. The first-order valence-corrected chi connectivity index (χ1v) is 6.68. The van der Waals surface area contributed by atoms with Crippen molar-refractivity contribution in [1.29, 1.82) is 0 Å². The van der Waals surface area contributed by atoms with Gasteiger partial charge in [0.25, 0.3) is 5.91 Å². The van der Waals surface area contributed by atoms with Crippen LogP contribution in [0.4, 0.5) is 0 Å². The molecule has 1 aliphatic heterocycles. The highest BCUT2D eigenvalue weighted by Gasteiger charge is 2.32. The Kier molecular flexibility index (Phi) is 4.10. The molecule has 0 bridgehead atoms. The second-order valence-corrected chi connectivity index (χ2v) is 5.22. The molecule has 19 heavy (non-hydrogen) atoms. The zero-order valence-corrected chi connectivity index (χ0v) is 11.5. The normalized spacial score (nSPS) is 19.3. The molecule has 1 N–H and O–H groups in total. The Morgan fingerprint density at radius 1 is 1.37 bits per heavy atom. The van der Waals surface area contributed by atoms with Crippen molar-refractivity contribution in [3.63, 3.8) is 0 Å². The Labute approximate surface area is 117 Å². The Morgan fingerprint density at radius 3 is 2.74 bits per heavy atom. The summed E-state index contributed by atoms with van der Waals surface area (Å²) in [5, 5.41) is 9.79. The predicted molar refractivity (Wildman–Crippen MR) is 72.5 cm³/mol. The van der Waals surface area contributed by atoms with Crippen molar-refractivity contribution < 1.29 is 14.7 Å². The van der Waals surface area contributed by atoms with E-state index in [1.165, 1.54) is 4.90 Å². The number of aliphatic carboxylic acids is 1. The van der Waals surface area contributed by atoms with Gasteiger partial charge >= 0.3 is 5.97 Å². The highest BCUT2D eigenvalue weighted by atomic mass is 35.5. The van der Waals surface area contributed by atoms with Gasteiger partial charge in [0.05, 0.1) is 0 Å². The predicted octanol–water partition coefficient (Wildman–Crippen LogP) is 2.73. The van der Waals surface area contributed by atoms with Gasteiger partial charge in [-0.2, -0.15) is 0 Å². The molecule has 1 amide bonds. The van der Waals surface area contributed by atoms with Crippen LogP contribution in [0.25, 0.3) is 0 Å². The molecule has 0 saturated carbocycles. The van der Waals surface area contributed by atoms with E-state index in [1.54, 1.807) is 18.2 Å². The summed E-state index contributed by atoms with van der Waals surface area (Å²) in [7, 11) is 0. The molecule has 1 fully saturated rings. The largest absolute Gasteiger partial charge is 0.480 e. The SMILES string of the molecule is Cc1cc(C(=O)N2CCCCC2C(=O)O)ccc1Cl. The van der Waals surface area contributed by atoms with Crippen LogP contribution in [0.2, 0.25) is 5.02 Å². The summed E-state index contributed by atoms with van der Waals surface area (Å²) in [5.41, 5.74) is 1.31. The molecule has 5 heteroatoms. The molecule has 1 saturated heterocycles. The number of likely N-dealkylation sites (tertiary alicyclic amines) is 1. The number of piperidine rings is 1. The van der Waals surface area contributed by atoms with Gasteiger partial charge in [-0.1, -0.05) is 11.6 Å². The van der Waals surface area contributed by atoms with Crippen molar-refractivity contribution in [2.45, 2.75) is 32.2 Å². The van der Waals surface area contributed by atoms with Crippen molar-refractivity contribution in [3.8, 4) is 0 Å². The van der Waals surface area contributed by atoms with Gasteiger partial charge in [0.1, 0.15) is 6.04 Å². The maximum absolute atomic E-state index is 12.4. The molecule has 1 aliphatic rings. The minimum absolute atomic E-state index is 0.230. The second kappa shape index (κ2) is 5.61. The van der Waals surface area contributed by atoms with Crippen molar-refractivity contribution in [1.82, 2.24) is 4.90 Å². The summed E-state index contributed by atoms with van der Waals surface area (Å²) < 4.78 is 0. The highest BCUT2D eigenvalue weighted by molar-refractivity contribution is 6.31. The average molecular weight is 282 g/mol. The van der Waals surface area contributed by atoms with Crippen LogP contribution in [-0.4, -0.2) is 34.5 Å². The van der Waals surface area contributed by atoms with Gasteiger partial charge in [-0.15, -0.1) is 0 Å². The number of amides is 1. The van der Waals surface area contributed by atoms with Crippen LogP contribution in [0.5, 0.6) is 0 Å². The van der Waals surface area contributed by atoms with Crippen molar-refractivity contribution in [2.75, 3.05) is 6.54 Å². The summed E-state index contributed by atoms with van der Waals surface area (Å²) >= 11 is 5.93. The smallest absolute Gasteiger partial charge is 0.326 e. The third-order valence-corrected chi connectivity index (χ3v) is 3.88. The summed E-state index contributed by atoms with van der Waals surface area (Å²) in [5.74, 6) is -1.16. The van der Waals surface area contributed by atoms with E-state index in [0.717, 1.165) is 18.4 Å². The Hall–Kier alpha value is -1.55. The molecule has 0 radical (unpaired) electrons. The summed E-state index contributed by atoms with van der Waals surface area (Å²) in [6.07, 6.45) is 2.22. The quantitative estimate of drug-likeness (QED) is 0.907. The van der Waals surface area contributed by atoms with Crippen LogP contribution in [0, 0.1) is 6.92 Å². The lowest BCUT2D eigenvalue weighted by Gasteiger charge is -2.33. The zero-order valence-electron chi connectivity index (χ0n) is 10.7. The molecule has 1 aromatic rings. The Morgan fingerprint density at radius 2 is 2.11 bits per heavy atom. The highest BCUT2D eigenvalue weighted by Crippen LogP contribution is 2.22. The number of nitrogens with zero attached hydrogens (tertiary/aromatic N) is 1. The van der Waals surface area contributed by atoms with E-state index >= 15 is 0 Å². The van der Waals surface area contributed by atoms with Crippen LogP contribution in [0.15, 0.2) is 18.2 Å². The summed E-state index contributed by atoms with van der Waals surface area (Å²) in [6.45, 7) is 2.32. The van der Waals surface area contributed by atoms with Gasteiger partial charge in [0.2, 0.25) is 0 Å². The second-order valence-electron chi connectivity index (χ2n) is 4.81. The van der Waals surface area contributed by atoms with Crippen LogP contribution >= 0.6 is 11.6 Å². The Bertz CT molecular complexity index is 515. The molecule has 1 heterocycles. The first kappa shape index (κ1) is 13.9. The number of hydrogen-bond donors (Lipinski definition) is 1. The van der Waals surface area contributed by atoms with Gasteiger partial charge in [-0.3, -0.25) is 4.79 Å². The fourth-order valence-corrected chi connectivity index (χ4v) is 2.49. The molecule has 2 rings (SSSR count). The maximum Gasteiger partial charge on any atom is 0.326 e. The monoisotopic (exact) mass is 281 g/mol. The van der Waals surface area contributed by atoms with Crippen LogP contribution in [0.1, 0.15) is 35.2 Å². The third-order valence-electron chi connectivity index (χ3n) is 3.45. The lowest BCUT2D eigenvalue weighted by Crippen LogP contribution is -2.48. The minimum atomic E-state index is -0.932. The van der Waals surface area contributed by atoms with E-state index in [4.69, 9.17) is 11.6 Å². The molecule has 4 nitrogen and oxygen atoms in total. The molecule has 1 unspecified atom stereocenters. The maximum atomic E-state index is 12.4. The summed E-state index contributed by atoms with van der Waals surface area (Å²) in [6, 6.07) is 4.31. The molecule has 0 spiro atoms. The lowest BCUT2D eigenvalue weighted by molar-refractivity contribution is -0.143. The van der Waals surface area contributed by atoms with E-state index in [1.807, 2.05) is 6.92 Å². The number of carbonyl (C=O) groups excluding carboxylic acids is 1. The first-order valence-electron chi connectivity index (χ1n) is 6.30.